The molecule has 0 aliphatic rings. The van der Waals surface area contributed by atoms with Crippen molar-refractivity contribution in [2.45, 2.75) is 26.8 Å². The molecule has 0 amide bonds. The van der Waals surface area contributed by atoms with Crippen molar-refractivity contribution in [3.63, 3.8) is 0 Å². The first-order valence-electron chi connectivity index (χ1n) is 5.46. The highest BCUT2D eigenvalue weighted by Crippen LogP contribution is 2.23. The summed E-state index contributed by atoms with van der Waals surface area (Å²) in [4.78, 5) is 4.43. The van der Waals surface area contributed by atoms with Gasteiger partial charge in [-0.05, 0) is 26.8 Å². The van der Waals surface area contributed by atoms with Crippen LogP contribution < -0.4 is 10.1 Å². The van der Waals surface area contributed by atoms with Crippen molar-refractivity contribution >= 4 is 15.9 Å². The molecular formula is C12H19BrN2O. The predicted octanol–water partition coefficient (Wildman–Crippen LogP) is 2.58. The summed E-state index contributed by atoms with van der Waals surface area (Å²) in [6, 6.07) is 0. The molecule has 16 heavy (non-hydrogen) atoms. The molecule has 0 spiro atoms. The molecule has 0 aliphatic carbocycles. The maximum atomic E-state index is 5.37. The molecule has 0 radical (unpaired) electrons. The first-order chi connectivity index (χ1) is 7.70. The molecule has 0 saturated carbocycles. The lowest BCUT2D eigenvalue weighted by Gasteiger charge is -2.12. The molecule has 0 atom stereocenters. The summed E-state index contributed by atoms with van der Waals surface area (Å²) in [5.74, 6) is 0.951. The molecule has 1 aromatic heterocycles. The maximum absolute atomic E-state index is 5.37. The second-order valence-electron chi connectivity index (χ2n) is 3.77. The van der Waals surface area contributed by atoms with Crippen LogP contribution in [0.15, 0.2) is 6.20 Å². The predicted molar refractivity (Wildman–Crippen MR) is 70.4 cm³/mol. The molecule has 1 rings (SSSR count). The third-order valence-corrected chi connectivity index (χ3v) is 3.09. The van der Waals surface area contributed by atoms with E-state index in [1.807, 2.05) is 13.1 Å². The second kappa shape index (κ2) is 6.86. The maximum Gasteiger partial charge on any atom is 0.128 e. The Kier molecular flexibility index (Phi) is 5.77. The molecule has 1 N–H and O–H groups in total. The number of nitrogens with one attached hydrogen (secondary N) is 1. The van der Waals surface area contributed by atoms with E-state index in [-0.39, 0.29) is 0 Å². The van der Waals surface area contributed by atoms with Crippen LogP contribution >= 0.6 is 15.9 Å². The Morgan fingerprint density at radius 2 is 2.19 bits per heavy atom. The number of aryl methyl sites for hydroxylation is 1. The average molecular weight is 287 g/mol. The van der Waals surface area contributed by atoms with Crippen LogP contribution in [0.1, 0.15) is 23.2 Å². The number of alkyl halides is 1. The Balaban J connectivity index is 2.66. The molecule has 1 heterocycles. The Morgan fingerprint density at radius 1 is 1.44 bits per heavy atom. The molecule has 3 nitrogen and oxygen atoms in total. The topological polar surface area (TPSA) is 34.1 Å². The fourth-order valence-electron chi connectivity index (χ4n) is 1.65. The summed E-state index contributed by atoms with van der Waals surface area (Å²) in [6.07, 6.45) is 3.00. The van der Waals surface area contributed by atoms with Gasteiger partial charge < -0.3 is 10.1 Å². The van der Waals surface area contributed by atoms with Crippen molar-refractivity contribution in [1.82, 2.24) is 10.3 Å². The van der Waals surface area contributed by atoms with Gasteiger partial charge in [0.05, 0.1) is 12.8 Å². The van der Waals surface area contributed by atoms with Crippen molar-refractivity contribution in [3.05, 3.63) is 23.0 Å². The van der Waals surface area contributed by atoms with Crippen LogP contribution in [0.4, 0.5) is 0 Å². The summed E-state index contributed by atoms with van der Waals surface area (Å²) in [7, 11) is 1.71. The van der Waals surface area contributed by atoms with Gasteiger partial charge in [-0.2, -0.15) is 0 Å². The zero-order valence-corrected chi connectivity index (χ0v) is 11.7. The van der Waals surface area contributed by atoms with Gasteiger partial charge in [-0.3, -0.25) is 4.98 Å². The normalized spacial score (nSPS) is 10.5. The molecule has 0 saturated heterocycles. The second-order valence-corrected chi connectivity index (χ2v) is 4.56. The van der Waals surface area contributed by atoms with Gasteiger partial charge in [0.1, 0.15) is 5.75 Å². The minimum atomic E-state index is 0.801. The van der Waals surface area contributed by atoms with Gasteiger partial charge in [0, 0.05) is 29.2 Å². The van der Waals surface area contributed by atoms with Crippen LogP contribution in [0.5, 0.6) is 5.75 Å². The number of hydrogen-bond donors (Lipinski definition) is 1. The number of aromatic nitrogens is 1. The van der Waals surface area contributed by atoms with Crippen LogP contribution in [0.2, 0.25) is 0 Å². The van der Waals surface area contributed by atoms with E-state index in [0.29, 0.717) is 0 Å². The Labute approximate surface area is 106 Å². The van der Waals surface area contributed by atoms with Crippen molar-refractivity contribution in [3.8, 4) is 5.75 Å². The lowest BCUT2D eigenvalue weighted by molar-refractivity contribution is 0.406. The number of ether oxygens (including phenoxy) is 1. The first-order valence-corrected chi connectivity index (χ1v) is 6.58. The van der Waals surface area contributed by atoms with Gasteiger partial charge in [-0.15, -0.1) is 0 Å². The third kappa shape index (κ3) is 3.46. The van der Waals surface area contributed by atoms with E-state index >= 15 is 0 Å². The Morgan fingerprint density at radius 3 is 2.81 bits per heavy atom. The van der Waals surface area contributed by atoms with E-state index in [1.165, 1.54) is 0 Å². The zero-order valence-electron chi connectivity index (χ0n) is 10.1. The number of rotatable bonds is 6. The highest BCUT2D eigenvalue weighted by molar-refractivity contribution is 9.09. The van der Waals surface area contributed by atoms with Gasteiger partial charge in [0.15, 0.2) is 0 Å². The summed E-state index contributed by atoms with van der Waals surface area (Å²) in [6.45, 7) is 5.87. The monoisotopic (exact) mass is 286 g/mol. The van der Waals surface area contributed by atoms with Gasteiger partial charge in [0.2, 0.25) is 0 Å². The standard InChI is InChI=1S/C12H19BrN2O/c1-9-7-15-11(8-14-6-4-5-13)10(2)12(9)16-3/h7,14H,4-6,8H2,1-3H3. The van der Waals surface area contributed by atoms with E-state index in [9.17, 15) is 0 Å². The molecule has 0 aromatic carbocycles. The number of nitrogens with zero attached hydrogens (tertiary/aromatic N) is 1. The molecule has 90 valence electrons. The average Bonchev–Trinajstić information content (AvgIpc) is 2.28. The number of pyridine rings is 1. The summed E-state index contributed by atoms with van der Waals surface area (Å²) in [5, 5.41) is 4.40. The smallest absolute Gasteiger partial charge is 0.128 e. The Bertz CT molecular complexity index is 342. The molecule has 4 heteroatoms. The fraction of sp³-hybridized carbons (Fsp3) is 0.583. The summed E-state index contributed by atoms with van der Waals surface area (Å²) >= 11 is 3.41. The largest absolute Gasteiger partial charge is 0.496 e. The molecular weight excluding hydrogens is 268 g/mol. The van der Waals surface area contributed by atoms with Gasteiger partial charge in [-0.25, -0.2) is 0 Å². The van der Waals surface area contributed by atoms with E-state index in [4.69, 9.17) is 4.74 Å². The van der Waals surface area contributed by atoms with Crippen LogP contribution in [0.3, 0.4) is 0 Å². The SMILES string of the molecule is COc1c(C)cnc(CNCCCBr)c1C. The van der Waals surface area contributed by atoms with E-state index < -0.39 is 0 Å². The fourth-order valence-corrected chi connectivity index (χ4v) is 1.93. The molecule has 0 unspecified atom stereocenters. The van der Waals surface area contributed by atoms with Crippen molar-refractivity contribution < 1.29 is 4.74 Å². The van der Waals surface area contributed by atoms with E-state index in [1.54, 1.807) is 7.11 Å². The lowest BCUT2D eigenvalue weighted by atomic mass is 10.1. The van der Waals surface area contributed by atoms with Gasteiger partial charge >= 0.3 is 0 Å². The minimum absolute atomic E-state index is 0.801. The molecule has 1 aromatic rings. The van der Waals surface area contributed by atoms with Crippen molar-refractivity contribution in [2.75, 3.05) is 19.0 Å². The quantitative estimate of drug-likeness (QED) is 0.645. The third-order valence-electron chi connectivity index (χ3n) is 2.53. The highest BCUT2D eigenvalue weighted by Gasteiger charge is 2.08. The minimum Gasteiger partial charge on any atom is -0.496 e. The molecule has 0 bridgehead atoms. The number of hydrogen-bond acceptors (Lipinski definition) is 3. The summed E-state index contributed by atoms with van der Waals surface area (Å²) in [5.41, 5.74) is 3.29. The van der Waals surface area contributed by atoms with Crippen LogP contribution in [0.25, 0.3) is 0 Å². The Hall–Kier alpha value is -0.610. The van der Waals surface area contributed by atoms with Crippen LogP contribution in [-0.4, -0.2) is 24.0 Å². The highest BCUT2D eigenvalue weighted by atomic mass is 79.9. The zero-order chi connectivity index (χ0) is 12.0. The first kappa shape index (κ1) is 13.5. The molecule has 0 aliphatic heterocycles. The van der Waals surface area contributed by atoms with Gasteiger partial charge in [-0.1, -0.05) is 15.9 Å². The molecule has 0 fully saturated rings. The number of halogens is 1. The van der Waals surface area contributed by atoms with E-state index in [2.05, 4.69) is 33.2 Å². The van der Waals surface area contributed by atoms with Gasteiger partial charge in [0.25, 0.3) is 0 Å². The van der Waals surface area contributed by atoms with E-state index in [0.717, 1.165) is 47.4 Å². The van der Waals surface area contributed by atoms with Crippen LogP contribution in [-0.2, 0) is 6.54 Å². The lowest BCUT2D eigenvalue weighted by Crippen LogP contribution is -2.17. The number of methoxy groups -OCH3 is 1. The van der Waals surface area contributed by atoms with Crippen molar-refractivity contribution in [1.29, 1.82) is 0 Å². The van der Waals surface area contributed by atoms with Crippen molar-refractivity contribution in [2.24, 2.45) is 0 Å². The summed E-state index contributed by atoms with van der Waals surface area (Å²) < 4.78 is 5.37. The van der Waals surface area contributed by atoms with Crippen LogP contribution in [0, 0.1) is 13.8 Å².